The van der Waals surface area contributed by atoms with E-state index in [9.17, 15) is 14.4 Å². The summed E-state index contributed by atoms with van der Waals surface area (Å²) < 4.78 is 0. The van der Waals surface area contributed by atoms with E-state index in [0.29, 0.717) is 26.1 Å². The van der Waals surface area contributed by atoms with E-state index in [2.05, 4.69) is 10.4 Å². The van der Waals surface area contributed by atoms with Gasteiger partial charge in [-0.15, -0.1) is 0 Å². The summed E-state index contributed by atoms with van der Waals surface area (Å²) in [4.78, 5) is 38.1. The maximum Gasteiger partial charge on any atom is 0.243 e. The Morgan fingerprint density at radius 1 is 1.00 bits per heavy atom. The van der Waals surface area contributed by atoms with E-state index in [0.717, 1.165) is 43.5 Å². The van der Waals surface area contributed by atoms with E-state index in [-0.39, 0.29) is 30.6 Å². The van der Waals surface area contributed by atoms with E-state index in [1.165, 1.54) is 5.01 Å². The molecule has 1 aromatic rings. The van der Waals surface area contributed by atoms with Crippen LogP contribution in [0.25, 0.3) is 0 Å². The van der Waals surface area contributed by atoms with Crippen LogP contribution in [0.5, 0.6) is 0 Å². The second kappa shape index (κ2) is 10.0. The first kappa shape index (κ1) is 20.0. The highest BCUT2D eigenvalue weighted by Gasteiger charge is 2.22. The third kappa shape index (κ3) is 5.65. The standard InChI is InChI=1S/C21H28N4O3/c26-19(22-13-16-24-14-6-2-5-9-20(24)27)10-11-21(28)25-15-12-18(23-25)17-7-3-1-4-8-17/h1,3-4,7-8H,2,5-6,9-16H2,(H,22,26). The molecule has 150 valence electrons. The Bertz CT molecular complexity index is 732. The van der Waals surface area contributed by atoms with Gasteiger partial charge in [0.25, 0.3) is 0 Å². The van der Waals surface area contributed by atoms with Gasteiger partial charge in [0.1, 0.15) is 0 Å². The number of hydrogen-bond acceptors (Lipinski definition) is 4. The number of amides is 3. The Balaban J connectivity index is 1.37. The van der Waals surface area contributed by atoms with E-state index >= 15 is 0 Å². The normalized spacial score (nSPS) is 17.3. The molecule has 7 heteroatoms. The summed E-state index contributed by atoms with van der Waals surface area (Å²) in [5.74, 6) is -0.131. The van der Waals surface area contributed by atoms with Crippen molar-refractivity contribution < 1.29 is 14.4 Å². The summed E-state index contributed by atoms with van der Waals surface area (Å²) in [6.07, 6.45) is 4.67. The lowest BCUT2D eigenvalue weighted by Crippen LogP contribution is -2.38. The number of rotatable bonds is 7. The highest BCUT2D eigenvalue weighted by atomic mass is 16.2. The van der Waals surface area contributed by atoms with Gasteiger partial charge < -0.3 is 10.2 Å². The second-order valence-electron chi connectivity index (χ2n) is 7.22. The van der Waals surface area contributed by atoms with Gasteiger partial charge in [-0.3, -0.25) is 14.4 Å². The topological polar surface area (TPSA) is 82.1 Å². The maximum absolute atomic E-state index is 12.3. The minimum atomic E-state index is -0.165. The van der Waals surface area contributed by atoms with Crippen molar-refractivity contribution in [3.63, 3.8) is 0 Å². The van der Waals surface area contributed by atoms with E-state index < -0.39 is 0 Å². The van der Waals surface area contributed by atoms with Crippen LogP contribution in [0.2, 0.25) is 0 Å². The molecular weight excluding hydrogens is 356 g/mol. The summed E-state index contributed by atoms with van der Waals surface area (Å²) in [5.41, 5.74) is 1.93. The van der Waals surface area contributed by atoms with Crippen LogP contribution in [0.1, 0.15) is 50.5 Å². The predicted molar refractivity (Wildman–Crippen MR) is 107 cm³/mol. The van der Waals surface area contributed by atoms with Crippen LogP contribution >= 0.6 is 0 Å². The molecule has 0 bridgehead atoms. The van der Waals surface area contributed by atoms with Crippen LogP contribution in [0.15, 0.2) is 35.4 Å². The van der Waals surface area contributed by atoms with Crippen molar-refractivity contribution in [3.8, 4) is 0 Å². The lowest BCUT2D eigenvalue weighted by Gasteiger charge is -2.20. The van der Waals surface area contributed by atoms with Crippen molar-refractivity contribution >= 4 is 23.4 Å². The minimum absolute atomic E-state index is 0.135. The van der Waals surface area contributed by atoms with Gasteiger partial charge in [-0.2, -0.15) is 5.10 Å². The third-order valence-electron chi connectivity index (χ3n) is 5.14. The number of hydrogen-bond donors (Lipinski definition) is 1. The molecule has 0 atom stereocenters. The average molecular weight is 384 g/mol. The largest absolute Gasteiger partial charge is 0.354 e. The molecule has 0 aliphatic carbocycles. The molecule has 0 aromatic heterocycles. The SMILES string of the molecule is O=C(CCC(=O)N1CCC(c2ccccc2)=N1)NCCN1CCCCCC1=O. The summed E-state index contributed by atoms with van der Waals surface area (Å²) in [6, 6.07) is 9.81. The van der Waals surface area contributed by atoms with Gasteiger partial charge in [0.15, 0.2) is 0 Å². The lowest BCUT2D eigenvalue weighted by atomic mass is 10.1. The average Bonchev–Trinajstić information content (AvgIpc) is 3.12. The Hall–Kier alpha value is -2.70. The Kier molecular flexibility index (Phi) is 7.17. The van der Waals surface area contributed by atoms with Crippen LogP contribution in [0.4, 0.5) is 0 Å². The van der Waals surface area contributed by atoms with Gasteiger partial charge in [-0.25, -0.2) is 5.01 Å². The van der Waals surface area contributed by atoms with Crippen molar-refractivity contribution in [2.45, 2.75) is 44.9 Å². The zero-order chi connectivity index (χ0) is 19.8. The van der Waals surface area contributed by atoms with Gasteiger partial charge in [0.05, 0.1) is 12.3 Å². The maximum atomic E-state index is 12.3. The van der Waals surface area contributed by atoms with Crippen LogP contribution in [-0.2, 0) is 14.4 Å². The van der Waals surface area contributed by atoms with Gasteiger partial charge in [0, 0.05) is 45.3 Å². The molecule has 3 rings (SSSR count). The monoisotopic (exact) mass is 384 g/mol. The molecule has 1 fully saturated rings. The van der Waals surface area contributed by atoms with Crippen molar-refractivity contribution in [2.24, 2.45) is 5.10 Å². The molecule has 7 nitrogen and oxygen atoms in total. The van der Waals surface area contributed by atoms with Crippen molar-refractivity contribution in [3.05, 3.63) is 35.9 Å². The number of hydrazone groups is 1. The van der Waals surface area contributed by atoms with E-state index in [4.69, 9.17) is 0 Å². The second-order valence-corrected chi connectivity index (χ2v) is 7.22. The molecule has 2 aliphatic rings. The number of nitrogens with one attached hydrogen (secondary N) is 1. The Morgan fingerprint density at radius 2 is 1.82 bits per heavy atom. The molecule has 2 heterocycles. The fraction of sp³-hybridized carbons (Fsp3) is 0.524. The van der Waals surface area contributed by atoms with Gasteiger partial charge in [0.2, 0.25) is 17.7 Å². The number of nitrogens with zero attached hydrogens (tertiary/aromatic N) is 3. The highest BCUT2D eigenvalue weighted by Crippen LogP contribution is 2.15. The molecule has 1 N–H and O–H groups in total. The first-order chi connectivity index (χ1) is 13.6. The molecule has 0 saturated carbocycles. The fourth-order valence-corrected chi connectivity index (χ4v) is 3.51. The molecule has 3 amide bonds. The first-order valence-corrected chi connectivity index (χ1v) is 10.1. The number of carbonyl (C=O) groups excluding carboxylic acids is 3. The van der Waals surface area contributed by atoms with Crippen molar-refractivity contribution in [1.29, 1.82) is 0 Å². The Morgan fingerprint density at radius 3 is 2.64 bits per heavy atom. The zero-order valence-corrected chi connectivity index (χ0v) is 16.2. The molecule has 1 saturated heterocycles. The quantitative estimate of drug-likeness (QED) is 0.780. The van der Waals surface area contributed by atoms with E-state index in [1.54, 1.807) is 0 Å². The molecule has 0 unspecified atom stereocenters. The smallest absolute Gasteiger partial charge is 0.243 e. The fourth-order valence-electron chi connectivity index (χ4n) is 3.51. The number of likely N-dealkylation sites (tertiary alicyclic amines) is 1. The lowest BCUT2D eigenvalue weighted by molar-refractivity contribution is -0.133. The molecule has 0 spiro atoms. The molecule has 1 aromatic carbocycles. The summed E-state index contributed by atoms with van der Waals surface area (Å²) in [5, 5.41) is 8.68. The molecule has 0 radical (unpaired) electrons. The summed E-state index contributed by atoms with van der Waals surface area (Å²) >= 11 is 0. The summed E-state index contributed by atoms with van der Waals surface area (Å²) in [6.45, 7) is 2.29. The highest BCUT2D eigenvalue weighted by molar-refractivity contribution is 6.02. The predicted octanol–water partition coefficient (Wildman–Crippen LogP) is 1.92. The van der Waals surface area contributed by atoms with Crippen molar-refractivity contribution in [2.75, 3.05) is 26.2 Å². The first-order valence-electron chi connectivity index (χ1n) is 10.1. The summed E-state index contributed by atoms with van der Waals surface area (Å²) in [7, 11) is 0. The third-order valence-corrected chi connectivity index (χ3v) is 5.14. The van der Waals surface area contributed by atoms with Gasteiger partial charge >= 0.3 is 0 Å². The van der Waals surface area contributed by atoms with E-state index in [1.807, 2.05) is 35.2 Å². The van der Waals surface area contributed by atoms with Gasteiger partial charge in [-0.05, 0) is 18.4 Å². The van der Waals surface area contributed by atoms with Crippen LogP contribution < -0.4 is 5.32 Å². The number of benzene rings is 1. The van der Waals surface area contributed by atoms with Crippen molar-refractivity contribution in [1.82, 2.24) is 15.2 Å². The zero-order valence-electron chi connectivity index (χ0n) is 16.2. The Labute approximate surface area is 165 Å². The van der Waals surface area contributed by atoms with Crippen LogP contribution in [0.3, 0.4) is 0 Å². The van der Waals surface area contributed by atoms with Gasteiger partial charge in [-0.1, -0.05) is 36.8 Å². The molecule has 2 aliphatic heterocycles. The van der Waals surface area contributed by atoms with Crippen LogP contribution in [-0.4, -0.2) is 59.5 Å². The van der Waals surface area contributed by atoms with Crippen LogP contribution in [0, 0.1) is 0 Å². The minimum Gasteiger partial charge on any atom is -0.354 e. The molecular formula is C21H28N4O3. The number of carbonyl (C=O) groups is 3. The molecule has 28 heavy (non-hydrogen) atoms.